The lowest BCUT2D eigenvalue weighted by molar-refractivity contribution is -0.141. The normalized spacial score (nSPS) is 18.7. The fourth-order valence-corrected chi connectivity index (χ4v) is 4.12. The molecule has 11 heteroatoms. The molecule has 1 heterocycles. The fourth-order valence-electron chi connectivity index (χ4n) is 3.47. The van der Waals surface area contributed by atoms with E-state index in [1.54, 1.807) is 24.3 Å². The zero-order chi connectivity index (χ0) is 22.8. The van der Waals surface area contributed by atoms with E-state index in [-0.39, 0.29) is 23.8 Å². The molecule has 0 spiro atoms. The zero-order valence-corrected chi connectivity index (χ0v) is 18.0. The Morgan fingerprint density at radius 3 is 2.32 bits per heavy atom. The summed E-state index contributed by atoms with van der Waals surface area (Å²) in [7, 11) is -2.69. The van der Waals surface area contributed by atoms with Gasteiger partial charge in [-0.25, -0.2) is 13.6 Å². The minimum atomic E-state index is -3.90. The van der Waals surface area contributed by atoms with Crippen LogP contribution in [0.3, 0.4) is 0 Å². The van der Waals surface area contributed by atoms with E-state index >= 15 is 0 Å². The molecule has 2 aromatic rings. The Labute approximate surface area is 184 Å². The smallest absolute Gasteiger partial charge is 0.325 e. The van der Waals surface area contributed by atoms with E-state index in [9.17, 15) is 22.8 Å². The van der Waals surface area contributed by atoms with E-state index < -0.39 is 33.9 Å². The molecule has 0 radical (unpaired) electrons. The number of rotatable bonds is 6. The average Bonchev–Trinajstić information content (AvgIpc) is 3.08. The third-order valence-electron chi connectivity index (χ3n) is 4.95. The highest BCUT2D eigenvalue weighted by Gasteiger charge is 2.45. The highest BCUT2D eigenvalue weighted by atomic mass is 35.5. The van der Waals surface area contributed by atoms with Crippen LogP contribution >= 0.6 is 11.6 Å². The number of anilines is 1. The second-order valence-corrected chi connectivity index (χ2v) is 8.90. The topological polar surface area (TPSA) is 136 Å². The van der Waals surface area contributed by atoms with Gasteiger partial charge in [-0.15, -0.1) is 0 Å². The highest BCUT2D eigenvalue weighted by molar-refractivity contribution is 7.89. The van der Waals surface area contributed by atoms with Crippen molar-refractivity contribution in [1.29, 1.82) is 0 Å². The third-order valence-corrected chi connectivity index (χ3v) is 6.13. The van der Waals surface area contributed by atoms with Gasteiger partial charge >= 0.3 is 5.97 Å². The van der Waals surface area contributed by atoms with Gasteiger partial charge in [-0.05, 0) is 42.0 Å². The van der Waals surface area contributed by atoms with Crippen LogP contribution in [0.15, 0.2) is 53.4 Å². The van der Waals surface area contributed by atoms with Crippen LogP contribution in [0.25, 0.3) is 0 Å². The summed E-state index contributed by atoms with van der Waals surface area (Å²) >= 11 is 5.98. The van der Waals surface area contributed by atoms with Gasteiger partial charge in [0.25, 0.3) is 0 Å². The molecule has 0 aromatic heterocycles. The molecule has 1 fully saturated rings. The van der Waals surface area contributed by atoms with Gasteiger partial charge in [0, 0.05) is 17.1 Å². The van der Waals surface area contributed by atoms with Crippen molar-refractivity contribution in [3.05, 3.63) is 59.1 Å². The minimum Gasteiger partial charge on any atom is -0.468 e. The van der Waals surface area contributed by atoms with E-state index in [1.807, 2.05) is 0 Å². The number of nitrogens with zero attached hydrogens (tertiary/aromatic N) is 1. The molecule has 9 nitrogen and oxygen atoms in total. The quantitative estimate of drug-likeness (QED) is 0.618. The number of nitrogens with two attached hydrogens (primary N) is 1. The monoisotopic (exact) mass is 465 g/mol. The van der Waals surface area contributed by atoms with Gasteiger partial charge in [0.05, 0.1) is 24.0 Å². The van der Waals surface area contributed by atoms with Crippen molar-refractivity contribution in [3.8, 4) is 0 Å². The first kappa shape index (κ1) is 22.7. The van der Waals surface area contributed by atoms with Crippen LogP contribution in [-0.4, -0.2) is 39.9 Å². The number of ether oxygens (including phenoxy) is 1. The van der Waals surface area contributed by atoms with E-state index in [0.717, 1.165) is 0 Å². The number of hydrogen-bond acceptors (Lipinski definition) is 6. The summed E-state index contributed by atoms with van der Waals surface area (Å²) in [5.74, 6) is -2.23. The first-order chi connectivity index (χ1) is 14.6. The van der Waals surface area contributed by atoms with E-state index in [2.05, 4.69) is 10.1 Å². The minimum absolute atomic E-state index is 0.0988. The Kier molecular flexibility index (Phi) is 6.63. The van der Waals surface area contributed by atoms with Crippen molar-refractivity contribution in [2.75, 3.05) is 18.6 Å². The van der Waals surface area contributed by atoms with E-state index in [0.29, 0.717) is 16.3 Å². The number of benzene rings is 2. The fraction of sp³-hybridized carbons (Fsp3) is 0.250. The summed E-state index contributed by atoms with van der Waals surface area (Å²) in [6.45, 7) is -0.323. The maximum Gasteiger partial charge on any atom is 0.325 e. The number of amides is 2. The molecule has 1 aliphatic heterocycles. The van der Waals surface area contributed by atoms with Crippen LogP contribution in [0.4, 0.5) is 5.69 Å². The van der Waals surface area contributed by atoms with Crippen molar-refractivity contribution in [2.45, 2.75) is 17.4 Å². The standard InChI is InChI=1S/C20H20ClN3O6S/c1-30-18(26)11-23-20(27)16-10-17(25)24(19(16)12-2-4-13(21)5-3-12)14-6-8-15(9-7-14)31(22,28)29/h2-9,16,19H,10-11H2,1H3,(H,23,27)(H2,22,28,29)/t16-,19+/m0/s1. The number of hydrogen-bond donors (Lipinski definition) is 2. The number of carbonyl (C=O) groups is 3. The van der Waals surface area contributed by atoms with Gasteiger partial charge in [0.1, 0.15) is 6.54 Å². The molecule has 2 aromatic carbocycles. The molecular formula is C20H20ClN3O6S. The number of methoxy groups -OCH3 is 1. The Morgan fingerprint density at radius 1 is 1.16 bits per heavy atom. The number of nitrogens with one attached hydrogen (secondary N) is 1. The van der Waals surface area contributed by atoms with Gasteiger partial charge in [0.15, 0.2) is 0 Å². The van der Waals surface area contributed by atoms with Crippen molar-refractivity contribution in [2.24, 2.45) is 11.1 Å². The zero-order valence-electron chi connectivity index (χ0n) is 16.4. The first-order valence-corrected chi connectivity index (χ1v) is 11.1. The summed E-state index contributed by atoms with van der Waals surface area (Å²) in [6, 6.07) is 11.5. The predicted molar refractivity (Wildman–Crippen MR) is 113 cm³/mol. The Hall–Kier alpha value is -2.95. The van der Waals surface area contributed by atoms with Crippen LogP contribution in [0, 0.1) is 5.92 Å². The molecule has 164 valence electrons. The SMILES string of the molecule is COC(=O)CNC(=O)[C@H]1CC(=O)N(c2ccc(S(N)(=O)=O)cc2)[C@@H]1c1ccc(Cl)cc1. The first-order valence-electron chi connectivity index (χ1n) is 9.16. The molecule has 0 unspecified atom stereocenters. The summed E-state index contributed by atoms with van der Waals surface area (Å²) in [5.41, 5.74) is 1.06. The van der Waals surface area contributed by atoms with Crippen molar-refractivity contribution in [1.82, 2.24) is 5.32 Å². The predicted octanol–water partition coefficient (Wildman–Crippen LogP) is 1.37. The van der Waals surface area contributed by atoms with Crippen LogP contribution in [-0.2, 0) is 29.1 Å². The van der Waals surface area contributed by atoms with Crippen LogP contribution in [0.1, 0.15) is 18.0 Å². The van der Waals surface area contributed by atoms with E-state index in [1.165, 1.54) is 36.3 Å². The van der Waals surface area contributed by atoms with E-state index in [4.69, 9.17) is 16.7 Å². The Balaban J connectivity index is 1.98. The summed E-state index contributed by atoms with van der Waals surface area (Å²) in [5, 5.41) is 8.12. The lowest BCUT2D eigenvalue weighted by Gasteiger charge is -2.28. The molecule has 3 N–H and O–H groups in total. The largest absolute Gasteiger partial charge is 0.468 e. The Bertz CT molecular complexity index is 1100. The molecule has 0 saturated carbocycles. The molecule has 2 amide bonds. The van der Waals surface area contributed by atoms with Crippen LogP contribution < -0.4 is 15.4 Å². The summed E-state index contributed by atoms with van der Waals surface area (Å²) < 4.78 is 27.6. The van der Waals surface area contributed by atoms with Crippen LogP contribution in [0.5, 0.6) is 0 Å². The number of primary sulfonamides is 1. The second kappa shape index (κ2) is 9.04. The molecule has 2 atom stereocenters. The van der Waals surface area contributed by atoms with Gasteiger partial charge in [-0.1, -0.05) is 23.7 Å². The van der Waals surface area contributed by atoms with Gasteiger partial charge in [0.2, 0.25) is 21.8 Å². The van der Waals surface area contributed by atoms with Crippen molar-refractivity contribution >= 4 is 45.1 Å². The molecule has 1 saturated heterocycles. The maximum absolute atomic E-state index is 12.9. The van der Waals surface area contributed by atoms with Gasteiger partial charge in [-0.3, -0.25) is 14.4 Å². The summed E-state index contributed by atoms with van der Waals surface area (Å²) in [4.78, 5) is 38.4. The van der Waals surface area contributed by atoms with Crippen molar-refractivity contribution < 1.29 is 27.5 Å². The van der Waals surface area contributed by atoms with Crippen LogP contribution in [0.2, 0.25) is 5.02 Å². The van der Waals surface area contributed by atoms with Gasteiger partial charge in [-0.2, -0.15) is 0 Å². The number of sulfonamides is 1. The number of halogens is 1. The maximum atomic E-state index is 12.9. The number of carbonyl (C=O) groups excluding carboxylic acids is 3. The van der Waals surface area contributed by atoms with Crippen molar-refractivity contribution in [3.63, 3.8) is 0 Å². The highest BCUT2D eigenvalue weighted by Crippen LogP contribution is 2.41. The molecule has 0 bridgehead atoms. The molecular weight excluding hydrogens is 446 g/mol. The number of esters is 1. The molecule has 0 aliphatic carbocycles. The summed E-state index contributed by atoms with van der Waals surface area (Å²) in [6.07, 6.45) is -0.1000. The van der Waals surface area contributed by atoms with Gasteiger partial charge < -0.3 is 15.0 Å². The molecule has 3 rings (SSSR count). The second-order valence-electron chi connectivity index (χ2n) is 6.90. The third kappa shape index (κ3) is 5.04. The average molecular weight is 466 g/mol. The molecule has 31 heavy (non-hydrogen) atoms. The lowest BCUT2D eigenvalue weighted by Crippen LogP contribution is -2.38. The molecule has 1 aliphatic rings. The lowest BCUT2D eigenvalue weighted by atomic mass is 9.92. The Morgan fingerprint density at radius 2 is 1.77 bits per heavy atom.